The Labute approximate surface area is 260 Å². The summed E-state index contributed by atoms with van der Waals surface area (Å²) in [6.07, 6.45) is 17.2. The van der Waals surface area contributed by atoms with E-state index >= 15 is 0 Å². The van der Waals surface area contributed by atoms with E-state index in [1.54, 1.807) is 0 Å². The minimum absolute atomic E-state index is 0.107. The lowest BCUT2D eigenvalue weighted by molar-refractivity contribution is 0.889. The lowest BCUT2D eigenvalue weighted by Crippen LogP contribution is -2.11. The fourth-order valence-electron chi connectivity index (χ4n) is 5.91. The molecule has 0 bridgehead atoms. The fraction of sp³-hybridized carbons (Fsp3) is 0.0465. The van der Waals surface area contributed by atoms with Crippen molar-refractivity contribution in [2.24, 2.45) is 0 Å². The van der Waals surface area contributed by atoms with E-state index in [0.29, 0.717) is 0 Å². The molecule has 2 aliphatic rings. The minimum atomic E-state index is -0.107. The lowest BCUT2D eigenvalue weighted by Gasteiger charge is -2.15. The SMILES string of the molecule is C=C(/C=C(\C=C(/C)c1ccccc1)c1ccccc1)c1ccc(-c2ccc(-c3ccnc(C45C=CC=CC4=C5)c3)cc2)cc1. The first-order chi connectivity index (χ1) is 21.6. The van der Waals surface area contributed by atoms with Crippen molar-refractivity contribution in [3.63, 3.8) is 0 Å². The Hall–Kier alpha value is -5.53. The van der Waals surface area contributed by atoms with Gasteiger partial charge in [0.1, 0.15) is 0 Å². The number of nitrogens with zero attached hydrogens (tertiary/aromatic N) is 1. The van der Waals surface area contributed by atoms with Crippen molar-refractivity contribution >= 4 is 16.7 Å². The van der Waals surface area contributed by atoms with Crippen molar-refractivity contribution in [1.29, 1.82) is 0 Å². The van der Waals surface area contributed by atoms with Crippen LogP contribution in [0.2, 0.25) is 0 Å². The molecule has 1 unspecified atom stereocenters. The third-order valence-corrected chi connectivity index (χ3v) is 8.55. The van der Waals surface area contributed by atoms with Gasteiger partial charge in [-0.3, -0.25) is 4.98 Å². The van der Waals surface area contributed by atoms with Crippen LogP contribution in [-0.2, 0) is 5.41 Å². The second-order valence-electron chi connectivity index (χ2n) is 11.5. The van der Waals surface area contributed by atoms with Crippen molar-refractivity contribution in [2.75, 3.05) is 0 Å². The van der Waals surface area contributed by atoms with Gasteiger partial charge in [-0.2, -0.15) is 0 Å². The molecule has 0 aliphatic heterocycles. The zero-order valence-corrected chi connectivity index (χ0v) is 24.8. The van der Waals surface area contributed by atoms with Gasteiger partial charge in [0.2, 0.25) is 0 Å². The molecule has 210 valence electrons. The first kappa shape index (κ1) is 27.3. The Morgan fingerprint density at radius 2 is 1.25 bits per heavy atom. The number of pyridine rings is 1. The van der Waals surface area contributed by atoms with Crippen LogP contribution >= 0.6 is 0 Å². The van der Waals surface area contributed by atoms with Gasteiger partial charge in [0.05, 0.1) is 11.1 Å². The molecule has 5 aromatic rings. The zero-order chi connectivity index (χ0) is 29.9. The van der Waals surface area contributed by atoms with Crippen LogP contribution < -0.4 is 0 Å². The van der Waals surface area contributed by atoms with Gasteiger partial charge in [-0.15, -0.1) is 0 Å². The summed E-state index contributed by atoms with van der Waals surface area (Å²) in [6, 6.07) is 42.8. The van der Waals surface area contributed by atoms with Crippen LogP contribution in [0.25, 0.3) is 39.0 Å². The fourth-order valence-corrected chi connectivity index (χ4v) is 5.91. The van der Waals surface area contributed by atoms with Crippen LogP contribution in [-0.4, -0.2) is 4.98 Å². The molecule has 0 N–H and O–H groups in total. The van der Waals surface area contributed by atoms with Crippen LogP contribution in [0.1, 0.15) is 29.3 Å². The van der Waals surface area contributed by atoms with E-state index < -0.39 is 0 Å². The first-order valence-electron chi connectivity index (χ1n) is 15.1. The first-order valence-corrected chi connectivity index (χ1v) is 15.1. The summed E-state index contributed by atoms with van der Waals surface area (Å²) < 4.78 is 0. The third kappa shape index (κ3) is 5.48. The van der Waals surface area contributed by atoms with Gasteiger partial charge in [-0.1, -0.05) is 152 Å². The van der Waals surface area contributed by atoms with E-state index in [1.807, 2.05) is 6.20 Å². The molecular formula is C43H33N. The van der Waals surface area contributed by atoms with Crippen molar-refractivity contribution in [1.82, 2.24) is 4.98 Å². The molecule has 1 nitrogen and oxygen atoms in total. The Morgan fingerprint density at radius 3 is 1.91 bits per heavy atom. The lowest BCUT2D eigenvalue weighted by atomic mass is 9.90. The van der Waals surface area contributed by atoms with Gasteiger partial charge in [0, 0.05) is 6.20 Å². The second kappa shape index (κ2) is 11.6. The maximum Gasteiger partial charge on any atom is 0.0742 e. The van der Waals surface area contributed by atoms with Crippen LogP contribution in [0.4, 0.5) is 0 Å². The summed E-state index contributed by atoms with van der Waals surface area (Å²) in [5, 5.41) is 0. The maximum atomic E-state index is 4.70. The third-order valence-electron chi connectivity index (χ3n) is 8.55. The van der Waals surface area contributed by atoms with Gasteiger partial charge < -0.3 is 0 Å². The van der Waals surface area contributed by atoms with E-state index in [2.05, 4.69) is 177 Å². The maximum absolute atomic E-state index is 4.70. The molecule has 4 aromatic carbocycles. The predicted octanol–water partition coefficient (Wildman–Crippen LogP) is 10.9. The molecule has 44 heavy (non-hydrogen) atoms. The largest absolute Gasteiger partial charge is 0.260 e. The van der Waals surface area contributed by atoms with Crippen molar-refractivity contribution in [2.45, 2.75) is 12.3 Å². The van der Waals surface area contributed by atoms with Gasteiger partial charge in [0.15, 0.2) is 0 Å². The molecule has 2 aliphatic carbocycles. The molecule has 0 amide bonds. The van der Waals surface area contributed by atoms with Crippen LogP contribution in [0, 0.1) is 0 Å². The number of allylic oxidation sites excluding steroid dienone is 11. The molecule has 0 spiro atoms. The minimum Gasteiger partial charge on any atom is -0.260 e. The van der Waals surface area contributed by atoms with Crippen molar-refractivity contribution in [3.8, 4) is 22.3 Å². The number of hydrogen-bond acceptors (Lipinski definition) is 1. The number of fused-ring (bicyclic) bond motifs is 1. The van der Waals surface area contributed by atoms with E-state index in [-0.39, 0.29) is 5.41 Å². The number of aromatic nitrogens is 1. The van der Waals surface area contributed by atoms with Crippen LogP contribution in [0.5, 0.6) is 0 Å². The van der Waals surface area contributed by atoms with Crippen LogP contribution in [0.15, 0.2) is 182 Å². The Bertz CT molecular complexity index is 1980. The van der Waals surface area contributed by atoms with Gasteiger partial charge in [-0.25, -0.2) is 0 Å². The number of rotatable bonds is 8. The Kier molecular flexibility index (Phi) is 7.22. The van der Waals surface area contributed by atoms with Crippen molar-refractivity contribution < 1.29 is 0 Å². The standard InChI is InChI=1S/C43H33N/c1-31(33-11-5-3-6-12-33)27-40(35-13-7-4-8-14-35)28-32(2)34-16-18-36(19-17-34)37-20-22-38(23-21-37)39-24-26-44-42(29-39)43-25-10-9-15-41(43)30-43/h3-30H,2H2,1H3/b31-27+,40-28+. The molecular weight excluding hydrogens is 530 g/mol. The van der Waals surface area contributed by atoms with Crippen LogP contribution in [0.3, 0.4) is 0 Å². The summed E-state index contributed by atoms with van der Waals surface area (Å²) in [5.74, 6) is 0. The highest BCUT2D eigenvalue weighted by molar-refractivity contribution is 5.91. The summed E-state index contributed by atoms with van der Waals surface area (Å²) in [5.41, 5.74) is 13.9. The molecule has 1 heteroatoms. The molecule has 0 fully saturated rings. The molecule has 7 rings (SSSR count). The highest BCUT2D eigenvalue weighted by Gasteiger charge is 2.44. The van der Waals surface area contributed by atoms with E-state index in [0.717, 1.165) is 22.4 Å². The normalized spacial score (nSPS) is 17.2. The topological polar surface area (TPSA) is 12.9 Å². The monoisotopic (exact) mass is 563 g/mol. The van der Waals surface area contributed by atoms with Gasteiger partial charge >= 0.3 is 0 Å². The molecule has 0 radical (unpaired) electrons. The molecule has 0 saturated heterocycles. The zero-order valence-electron chi connectivity index (χ0n) is 24.8. The van der Waals surface area contributed by atoms with Gasteiger partial charge in [0.25, 0.3) is 0 Å². The number of benzene rings is 4. The highest BCUT2D eigenvalue weighted by atomic mass is 14.7. The summed E-state index contributed by atoms with van der Waals surface area (Å²) in [7, 11) is 0. The quantitative estimate of drug-likeness (QED) is 0.171. The second-order valence-corrected chi connectivity index (χ2v) is 11.5. The molecule has 0 saturated carbocycles. The highest BCUT2D eigenvalue weighted by Crippen LogP contribution is 2.50. The average Bonchev–Trinajstić information content (AvgIpc) is 3.85. The van der Waals surface area contributed by atoms with E-state index in [1.165, 1.54) is 44.5 Å². The Morgan fingerprint density at radius 1 is 0.636 bits per heavy atom. The summed E-state index contributed by atoms with van der Waals surface area (Å²) in [4.78, 5) is 4.70. The summed E-state index contributed by atoms with van der Waals surface area (Å²) >= 11 is 0. The Balaban J connectivity index is 1.10. The van der Waals surface area contributed by atoms with Gasteiger partial charge in [-0.05, 0) is 86.4 Å². The number of hydrogen-bond donors (Lipinski definition) is 0. The summed E-state index contributed by atoms with van der Waals surface area (Å²) in [6.45, 7) is 6.60. The average molecular weight is 564 g/mol. The molecule has 1 aromatic heterocycles. The van der Waals surface area contributed by atoms with E-state index in [9.17, 15) is 0 Å². The predicted molar refractivity (Wildman–Crippen MR) is 187 cm³/mol. The molecule has 1 heterocycles. The van der Waals surface area contributed by atoms with Crippen molar-refractivity contribution in [3.05, 3.63) is 205 Å². The smallest absolute Gasteiger partial charge is 0.0742 e. The van der Waals surface area contributed by atoms with E-state index in [4.69, 9.17) is 4.98 Å². The molecule has 1 atom stereocenters.